The van der Waals surface area contributed by atoms with Crippen LogP contribution in [0, 0.1) is 0 Å². The van der Waals surface area contributed by atoms with Crippen molar-refractivity contribution in [3.63, 3.8) is 0 Å². The van der Waals surface area contributed by atoms with Gasteiger partial charge in [0.1, 0.15) is 22.9 Å². The summed E-state index contributed by atoms with van der Waals surface area (Å²) >= 11 is 0. The zero-order valence-electron chi connectivity index (χ0n) is 11.9. The Kier molecular flexibility index (Phi) is 3.55. The molecule has 3 rings (SSSR count). The van der Waals surface area contributed by atoms with E-state index in [0.29, 0.717) is 22.3 Å². The number of carbonyl (C=O) groups excluding carboxylic acids is 1. The van der Waals surface area contributed by atoms with E-state index in [2.05, 4.69) is 0 Å². The Morgan fingerprint density at radius 1 is 1.27 bits per heavy atom. The van der Waals surface area contributed by atoms with Crippen LogP contribution in [0.15, 0.2) is 56.3 Å². The molecule has 2 heterocycles. The quantitative estimate of drug-likeness (QED) is 0.748. The summed E-state index contributed by atoms with van der Waals surface area (Å²) in [5.74, 6) is 0.0314. The molecule has 1 aromatic carbocycles. The van der Waals surface area contributed by atoms with Gasteiger partial charge in [0.25, 0.3) is 0 Å². The number of fused-ring (bicyclic) bond motifs is 1. The van der Waals surface area contributed by atoms with E-state index >= 15 is 0 Å². The van der Waals surface area contributed by atoms with Gasteiger partial charge in [-0.3, -0.25) is 4.79 Å². The lowest BCUT2D eigenvalue weighted by atomic mass is 9.92. The summed E-state index contributed by atoms with van der Waals surface area (Å²) in [6, 6.07) is 9.67. The van der Waals surface area contributed by atoms with Crippen LogP contribution in [-0.4, -0.2) is 10.9 Å². The molecule has 0 saturated heterocycles. The average Bonchev–Trinajstić information content (AvgIpc) is 2.98. The molecule has 5 heteroatoms. The fourth-order valence-electron chi connectivity index (χ4n) is 2.50. The van der Waals surface area contributed by atoms with Crippen LogP contribution in [-0.2, 0) is 4.79 Å². The van der Waals surface area contributed by atoms with Gasteiger partial charge >= 0.3 is 5.63 Å². The van der Waals surface area contributed by atoms with Crippen LogP contribution < -0.4 is 5.63 Å². The zero-order valence-corrected chi connectivity index (χ0v) is 11.9. The molecule has 22 heavy (non-hydrogen) atoms. The number of hydrogen-bond donors (Lipinski definition) is 1. The standard InChI is InChI=1S/C17H14O5/c1-10(18)7-13(15-3-2-6-21-15)14-8-11-4-5-12(19)9-16(11)22-17(14)20/h2-6,8-9,13,19H,7H2,1H3. The number of furan rings is 1. The van der Waals surface area contributed by atoms with Gasteiger partial charge in [0, 0.05) is 23.4 Å². The highest BCUT2D eigenvalue weighted by atomic mass is 16.4. The molecule has 5 nitrogen and oxygen atoms in total. The van der Waals surface area contributed by atoms with Crippen LogP contribution in [0.25, 0.3) is 11.0 Å². The number of phenols is 1. The lowest BCUT2D eigenvalue weighted by Crippen LogP contribution is -2.15. The van der Waals surface area contributed by atoms with Crippen LogP contribution in [0.1, 0.15) is 30.6 Å². The minimum atomic E-state index is -0.541. The van der Waals surface area contributed by atoms with E-state index in [1.165, 1.54) is 25.3 Å². The van der Waals surface area contributed by atoms with E-state index in [9.17, 15) is 14.7 Å². The average molecular weight is 298 g/mol. The van der Waals surface area contributed by atoms with Crippen LogP contribution in [0.3, 0.4) is 0 Å². The smallest absolute Gasteiger partial charge is 0.340 e. The van der Waals surface area contributed by atoms with Crippen molar-refractivity contribution in [1.29, 1.82) is 0 Å². The molecule has 112 valence electrons. The van der Waals surface area contributed by atoms with Gasteiger partial charge < -0.3 is 13.9 Å². The SMILES string of the molecule is CC(=O)CC(c1ccco1)c1cc2ccc(O)cc2oc1=O. The number of aromatic hydroxyl groups is 1. The van der Waals surface area contributed by atoms with Gasteiger partial charge in [-0.15, -0.1) is 0 Å². The van der Waals surface area contributed by atoms with Gasteiger partial charge in [-0.25, -0.2) is 4.79 Å². The Morgan fingerprint density at radius 2 is 2.09 bits per heavy atom. The Labute approximate surface area is 125 Å². The van der Waals surface area contributed by atoms with Crippen molar-refractivity contribution >= 4 is 16.8 Å². The second kappa shape index (κ2) is 5.52. The van der Waals surface area contributed by atoms with Crippen molar-refractivity contribution in [3.05, 3.63) is 64.4 Å². The Morgan fingerprint density at radius 3 is 2.77 bits per heavy atom. The number of hydrogen-bond acceptors (Lipinski definition) is 5. The molecule has 0 bridgehead atoms. The number of ketones is 1. The van der Waals surface area contributed by atoms with Crippen molar-refractivity contribution in [2.24, 2.45) is 0 Å². The van der Waals surface area contributed by atoms with Gasteiger partial charge in [-0.2, -0.15) is 0 Å². The maximum Gasteiger partial charge on any atom is 0.340 e. The molecule has 1 atom stereocenters. The fraction of sp³-hybridized carbons (Fsp3) is 0.176. The Bertz CT molecular complexity index is 874. The minimum absolute atomic E-state index is 0.0229. The Balaban J connectivity index is 2.17. The number of phenolic OH excluding ortho intramolecular Hbond substituents is 1. The molecule has 0 aliphatic rings. The van der Waals surface area contributed by atoms with E-state index < -0.39 is 11.5 Å². The summed E-state index contributed by atoms with van der Waals surface area (Å²) in [5, 5.41) is 10.1. The van der Waals surface area contributed by atoms with E-state index in [1.54, 1.807) is 24.3 Å². The zero-order chi connectivity index (χ0) is 15.7. The fourth-order valence-corrected chi connectivity index (χ4v) is 2.50. The molecule has 0 amide bonds. The van der Waals surface area contributed by atoms with Crippen molar-refractivity contribution in [2.45, 2.75) is 19.3 Å². The lowest BCUT2D eigenvalue weighted by Gasteiger charge is -2.12. The molecule has 0 aliphatic carbocycles. The van der Waals surface area contributed by atoms with E-state index in [1.807, 2.05) is 0 Å². The summed E-state index contributed by atoms with van der Waals surface area (Å²) in [5.41, 5.74) is 0.124. The maximum atomic E-state index is 12.3. The van der Waals surface area contributed by atoms with Gasteiger partial charge in [-0.05, 0) is 37.3 Å². The first-order chi connectivity index (χ1) is 10.5. The molecule has 0 fully saturated rings. The van der Waals surface area contributed by atoms with Crippen LogP contribution >= 0.6 is 0 Å². The molecule has 2 aromatic heterocycles. The summed E-state index contributed by atoms with van der Waals surface area (Å²) in [7, 11) is 0. The lowest BCUT2D eigenvalue weighted by molar-refractivity contribution is -0.117. The number of carbonyl (C=O) groups is 1. The van der Waals surface area contributed by atoms with Crippen LogP contribution in [0.4, 0.5) is 0 Å². The second-order valence-electron chi connectivity index (χ2n) is 5.19. The molecule has 0 spiro atoms. The van der Waals surface area contributed by atoms with Crippen molar-refractivity contribution < 1.29 is 18.7 Å². The number of Topliss-reactive ketones (excluding diaryl/α,β-unsaturated/α-hetero) is 1. The molecule has 1 N–H and O–H groups in total. The van der Waals surface area contributed by atoms with Gasteiger partial charge in [-0.1, -0.05) is 0 Å². The van der Waals surface area contributed by atoms with Crippen LogP contribution in [0.2, 0.25) is 0 Å². The van der Waals surface area contributed by atoms with E-state index in [0.717, 1.165) is 0 Å². The highest BCUT2D eigenvalue weighted by molar-refractivity contribution is 5.80. The Hall–Kier alpha value is -2.82. The highest BCUT2D eigenvalue weighted by Crippen LogP contribution is 2.29. The van der Waals surface area contributed by atoms with Gasteiger partial charge in [0.15, 0.2) is 0 Å². The molecular weight excluding hydrogens is 284 g/mol. The first-order valence-corrected chi connectivity index (χ1v) is 6.84. The first kappa shape index (κ1) is 14.1. The molecule has 3 aromatic rings. The van der Waals surface area contributed by atoms with E-state index in [-0.39, 0.29) is 18.0 Å². The van der Waals surface area contributed by atoms with Gasteiger partial charge in [0.2, 0.25) is 0 Å². The highest BCUT2D eigenvalue weighted by Gasteiger charge is 2.23. The number of rotatable bonds is 4. The third-order valence-corrected chi connectivity index (χ3v) is 3.50. The summed E-state index contributed by atoms with van der Waals surface area (Å²) in [4.78, 5) is 23.8. The summed E-state index contributed by atoms with van der Waals surface area (Å²) in [6.07, 6.45) is 1.66. The summed E-state index contributed by atoms with van der Waals surface area (Å²) < 4.78 is 10.6. The monoisotopic (exact) mass is 298 g/mol. The van der Waals surface area contributed by atoms with Crippen LogP contribution in [0.5, 0.6) is 5.75 Å². The predicted molar refractivity (Wildman–Crippen MR) is 80.0 cm³/mol. The second-order valence-corrected chi connectivity index (χ2v) is 5.19. The molecule has 0 radical (unpaired) electrons. The van der Waals surface area contributed by atoms with E-state index in [4.69, 9.17) is 8.83 Å². The molecule has 1 unspecified atom stereocenters. The topological polar surface area (TPSA) is 80.7 Å². The van der Waals surface area contributed by atoms with Crippen molar-refractivity contribution in [2.75, 3.05) is 0 Å². The van der Waals surface area contributed by atoms with Gasteiger partial charge in [0.05, 0.1) is 12.2 Å². The third-order valence-electron chi connectivity index (χ3n) is 3.50. The predicted octanol–water partition coefficient (Wildman–Crippen LogP) is 3.20. The molecule has 0 saturated carbocycles. The maximum absolute atomic E-state index is 12.3. The normalized spacial score (nSPS) is 12.4. The third kappa shape index (κ3) is 2.65. The van der Waals surface area contributed by atoms with Crippen molar-refractivity contribution in [1.82, 2.24) is 0 Å². The van der Waals surface area contributed by atoms with Crippen molar-refractivity contribution in [3.8, 4) is 5.75 Å². The number of benzene rings is 1. The first-order valence-electron chi connectivity index (χ1n) is 6.84. The summed E-state index contributed by atoms with van der Waals surface area (Å²) in [6.45, 7) is 1.47. The largest absolute Gasteiger partial charge is 0.508 e. The molecule has 0 aliphatic heterocycles. The molecular formula is C17H14O5. The minimum Gasteiger partial charge on any atom is -0.508 e.